The Bertz CT molecular complexity index is 389. The van der Waals surface area contributed by atoms with Gasteiger partial charge in [0.2, 0.25) is 0 Å². The third-order valence-electron chi connectivity index (χ3n) is 5.33. The van der Waals surface area contributed by atoms with Crippen LogP contribution >= 0.6 is 0 Å². The summed E-state index contributed by atoms with van der Waals surface area (Å²) in [7, 11) is 0. The molecule has 0 aromatic heterocycles. The molecular weight excluding hydrogens is 288 g/mol. The van der Waals surface area contributed by atoms with Crippen molar-refractivity contribution in [1.82, 2.24) is 10.6 Å². The molecule has 0 aromatic rings. The SMILES string of the molecule is CC(C)C1CCCC(NC2CCCC2NC(=O)OC(C)(C)C)C1. The number of carbonyl (C=O) groups is 1. The second-order valence-corrected chi connectivity index (χ2v) is 8.82. The van der Waals surface area contributed by atoms with Gasteiger partial charge in [0.05, 0.1) is 0 Å². The fourth-order valence-corrected chi connectivity index (χ4v) is 4.08. The second kappa shape index (κ2) is 7.87. The van der Waals surface area contributed by atoms with Crippen molar-refractivity contribution >= 4 is 6.09 Å². The Balaban J connectivity index is 1.83. The molecule has 0 bridgehead atoms. The highest BCUT2D eigenvalue weighted by Crippen LogP contribution is 2.31. The summed E-state index contributed by atoms with van der Waals surface area (Å²) in [6, 6.07) is 1.23. The lowest BCUT2D eigenvalue weighted by Crippen LogP contribution is -2.51. The highest BCUT2D eigenvalue weighted by Gasteiger charge is 2.33. The molecule has 2 fully saturated rings. The fraction of sp³-hybridized carbons (Fsp3) is 0.947. The summed E-state index contributed by atoms with van der Waals surface area (Å²) in [6.07, 6.45) is 8.38. The van der Waals surface area contributed by atoms with Gasteiger partial charge < -0.3 is 15.4 Å². The fourth-order valence-electron chi connectivity index (χ4n) is 4.08. The first kappa shape index (κ1) is 18.6. The third-order valence-corrected chi connectivity index (χ3v) is 5.33. The van der Waals surface area contributed by atoms with E-state index in [1.54, 1.807) is 0 Å². The Morgan fingerprint density at radius 3 is 2.35 bits per heavy atom. The van der Waals surface area contributed by atoms with E-state index >= 15 is 0 Å². The monoisotopic (exact) mass is 324 g/mol. The number of rotatable bonds is 4. The van der Waals surface area contributed by atoms with Gasteiger partial charge in [-0.05, 0) is 64.7 Å². The van der Waals surface area contributed by atoms with E-state index in [1.165, 1.54) is 32.1 Å². The van der Waals surface area contributed by atoms with E-state index in [9.17, 15) is 4.79 Å². The summed E-state index contributed by atoms with van der Waals surface area (Å²) >= 11 is 0. The van der Waals surface area contributed by atoms with Crippen LogP contribution in [0.3, 0.4) is 0 Å². The van der Waals surface area contributed by atoms with Gasteiger partial charge in [0.1, 0.15) is 5.60 Å². The minimum absolute atomic E-state index is 0.212. The average Bonchev–Trinajstić information content (AvgIpc) is 2.84. The van der Waals surface area contributed by atoms with Gasteiger partial charge in [-0.15, -0.1) is 0 Å². The molecule has 2 saturated carbocycles. The molecule has 134 valence electrons. The summed E-state index contributed by atoms with van der Waals surface area (Å²) < 4.78 is 5.41. The highest BCUT2D eigenvalue weighted by atomic mass is 16.6. The zero-order valence-electron chi connectivity index (χ0n) is 15.7. The second-order valence-electron chi connectivity index (χ2n) is 8.82. The molecule has 2 N–H and O–H groups in total. The van der Waals surface area contributed by atoms with Crippen LogP contribution in [0.15, 0.2) is 0 Å². The maximum Gasteiger partial charge on any atom is 0.407 e. The number of hydrogen-bond donors (Lipinski definition) is 2. The molecule has 2 aliphatic rings. The third kappa shape index (κ3) is 5.98. The van der Waals surface area contributed by atoms with Crippen LogP contribution in [0.5, 0.6) is 0 Å². The molecule has 4 heteroatoms. The summed E-state index contributed by atoms with van der Waals surface area (Å²) in [5.41, 5.74) is -0.431. The molecule has 2 aliphatic carbocycles. The van der Waals surface area contributed by atoms with Crippen molar-refractivity contribution in [1.29, 1.82) is 0 Å². The van der Waals surface area contributed by atoms with Crippen LogP contribution in [0.1, 0.15) is 79.6 Å². The lowest BCUT2D eigenvalue weighted by atomic mass is 9.79. The number of hydrogen-bond acceptors (Lipinski definition) is 3. The zero-order chi connectivity index (χ0) is 17.0. The predicted molar refractivity (Wildman–Crippen MR) is 94.5 cm³/mol. The van der Waals surface area contributed by atoms with Crippen LogP contribution in [0, 0.1) is 11.8 Å². The van der Waals surface area contributed by atoms with Gasteiger partial charge in [-0.2, -0.15) is 0 Å². The molecule has 0 aromatic carbocycles. The molecule has 0 saturated heterocycles. The Morgan fingerprint density at radius 2 is 1.70 bits per heavy atom. The first-order valence-electron chi connectivity index (χ1n) is 9.50. The van der Waals surface area contributed by atoms with E-state index in [-0.39, 0.29) is 12.1 Å². The zero-order valence-corrected chi connectivity index (χ0v) is 15.7. The van der Waals surface area contributed by atoms with Crippen molar-refractivity contribution in [3.63, 3.8) is 0 Å². The maximum atomic E-state index is 12.0. The molecule has 1 amide bonds. The molecule has 4 atom stereocenters. The highest BCUT2D eigenvalue weighted by molar-refractivity contribution is 5.68. The molecular formula is C19H36N2O2. The Kier molecular flexibility index (Phi) is 6.35. The average molecular weight is 325 g/mol. The van der Waals surface area contributed by atoms with Gasteiger partial charge in [-0.1, -0.05) is 26.7 Å². The Morgan fingerprint density at radius 1 is 1.04 bits per heavy atom. The maximum absolute atomic E-state index is 12.0. The number of alkyl carbamates (subject to hydrolysis) is 1. The minimum Gasteiger partial charge on any atom is -0.444 e. The Hall–Kier alpha value is -0.770. The lowest BCUT2D eigenvalue weighted by molar-refractivity contribution is 0.0495. The van der Waals surface area contributed by atoms with Gasteiger partial charge in [0, 0.05) is 18.1 Å². The molecule has 2 rings (SSSR count). The molecule has 0 spiro atoms. The number of amides is 1. The van der Waals surface area contributed by atoms with Crippen molar-refractivity contribution in [3.05, 3.63) is 0 Å². The van der Waals surface area contributed by atoms with Crippen LogP contribution in [-0.4, -0.2) is 29.8 Å². The van der Waals surface area contributed by atoms with Gasteiger partial charge in [0.25, 0.3) is 0 Å². The molecule has 4 nitrogen and oxygen atoms in total. The lowest BCUT2D eigenvalue weighted by Gasteiger charge is -2.35. The molecule has 23 heavy (non-hydrogen) atoms. The summed E-state index contributed by atoms with van der Waals surface area (Å²) in [6.45, 7) is 10.4. The molecule has 0 radical (unpaired) electrons. The smallest absolute Gasteiger partial charge is 0.407 e. The van der Waals surface area contributed by atoms with Crippen molar-refractivity contribution in [2.24, 2.45) is 11.8 Å². The van der Waals surface area contributed by atoms with Crippen LogP contribution in [0.2, 0.25) is 0 Å². The van der Waals surface area contributed by atoms with Crippen molar-refractivity contribution in [3.8, 4) is 0 Å². The quantitative estimate of drug-likeness (QED) is 0.813. The van der Waals surface area contributed by atoms with Crippen LogP contribution < -0.4 is 10.6 Å². The van der Waals surface area contributed by atoms with Gasteiger partial charge in [-0.3, -0.25) is 0 Å². The first-order chi connectivity index (χ1) is 10.7. The van der Waals surface area contributed by atoms with E-state index in [1.807, 2.05) is 20.8 Å². The summed E-state index contributed by atoms with van der Waals surface area (Å²) in [5, 5.41) is 6.94. The van der Waals surface area contributed by atoms with Crippen LogP contribution in [-0.2, 0) is 4.74 Å². The topological polar surface area (TPSA) is 50.4 Å². The summed E-state index contributed by atoms with van der Waals surface area (Å²) in [4.78, 5) is 12.0. The van der Waals surface area contributed by atoms with Crippen LogP contribution in [0.25, 0.3) is 0 Å². The molecule has 4 unspecified atom stereocenters. The normalized spacial score (nSPS) is 32.1. The van der Waals surface area contributed by atoms with E-state index in [0.29, 0.717) is 12.1 Å². The van der Waals surface area contributed by atoms with E-state index in [4.69, 9.17) is 4.74 Å². The predicted octanol–water partition coefficient (Wildman–Crippen LogP) is 4.24. The van der Waals surface area contributed by atoms with Crippen molar-refractivity contribution < 1.29 is 9.53 Å². The molecule has 0 aliphatic heterocycles. The number of carbonyl (C=O) groups excluding carboxylic acids is 1. The minimum atomic E-state index is -0.431. The van der Waals surface area contributed by atoms with E-state index in [2.05, 4.69) is 24.5 Å². The van der Waals surface area contributed by atoms with Crippen LogP contribution in [0.4, 0.5) is 4.79 Å². The van der Waals surface area contributed by atoms with Gasteiger partial charge in [0.15, 0.2) is 0 Å². The largest absolute Gasteiger partial charge is 0.444 e. The van der Waals surface area contributed by atoms with Gasteiger partial charge >= 0.3 is 6.09 Å². The number of nitrogens with one attached hydrogen (secondary N) is 2. The van der Waals surface area contributed by atoms with Crippen molar-refractivity contribution in [2.75, 3.05) is 0 Å². The standard InChI is InChI=1S/C19H36N2O2/c1-13(2)14-8-6-9-15(12-14)20-16-10-7-11-17(16)21-18(22)23-19(3,4)5/h13-17,20H,6-12H2,1-5H3,(H,21,22). The van der Waals surface area contributed by atoms with E-state index < -0.39 is 5.60 Å². The summed E-state index contributed by atoms with van der Waals surface area (Å²) in [5.74, 6) is 1.62. The van der Waals surface area contributed by atoms with Crippen molar-refractivity contribution in [2.45, 2.75) is 103 Å². The van der Waals surface area contributed by atoms with Gasteiger partial charge in [-0.25, -0.2) is 4.79 Å². The first-order valence-corrected chi connectivity index (χ1v) is 9.50. The Labute approximate surface area is 142 Å². The number of ether oxygens (including phenoxy) is 1. The molecule has 0 heterocycles. The van der Waals surface area contributed by atoms with E-state index in [0.717, 1.165) is 24.7 Å².